The third-order valence-electron chi connectivity index (χ3n) is 6.18. The first kappa shape index (κ1) is 21.4. The largest absolute Gasteiger partial charge is 0.340 e. The normalized spacial score (nSPS) is 15.1. The number of anilines is 1. The molecule has 0 atom stereocenters. The van der Waals surface area contributed by atoms with E-state index in [-0.39, 0.29) is 5.56 Å². The molecule has 0 saturated carbocycles. The highest BCUT2D eigenvalue weighted by molar-refractivity contribution is 5.74. The van der Waals surface area contributed by atoms with Crippen LogP contribution in [0.5, 0.6) is 0 Å². The molecular formula is C23H32N6O2. The molecule has 1 aliphatic rings. The van der Waals surface area contributed by atoms with Gasteiger partial charge in [-0.05, 0) is 25.5 Å². The van der Waals surface area contributed by atoms with Crippen molar-refractivity contribution in [2.45, 2.75) is 39.7 Å². The summed E-state index contributed by atoms with van der Waals surface area (Å²) in [6.45, 7) is 9.62. The topological polar surface area (TPSA) is 79.2 Å². The van der Waals surface area contributed by atoms with Gasteiger partial charge >= 0.3 is 5.69 Å². The van der Waals surface area contributed by atoms with Crippen molar-refractivity contribution in [3.8, 4) is 0 Å². The van der Waals surface area contributed by atoms with Crippen LogP contribution in [0.25, 0.3) is 11.2 Å². The van der Waals surface area contributed by atoms with Gasteiger partial charge in [0.2, 0.25) is 5.95 Å². The molecule has 8 nitrogen and oxygen atoms in total. The first-order valence-corrected chi connectivity index (χ1v) is 11.2. The van der Waals surface area contributed by atoms with E-state index in [0.717, 1.165) is 44.2 Å². The molecule has 3 heterocycles. The number of rotatable bonds is 7. The van der Waals surface area contributed by atoms with E-state index in [1.165, 1.54) is 29.4 Å². The third-order valence-corrected chi connectivity index (χ3v) is 6.18. The Bertz CT molecular complexity index is 1150. The zero-order valence-electron chi connectivity index (χ0n) is 18.7. The summed E-state index contributed by atoms with van der Waals surface area (Å²) in [7, 11) is 1.65. The Morgan fingerprint density at radius 1 is 1.03 bits per heavy atom. The van der Waals surface area contributed by atoms with Crippen molar-refractivity contribution in [2.75, 3.05) is 37.6 Å². The van der Waals surface area contributed by atoms with Gasteiger partial charge in [-0.3, -0.25) is 23.8 Å². The minimum atomic E-state index is -0.440. The molecule has 1 N–H and O–H groups in total. The number of H-pyrrole nitrogens is 1. The highest BCUT2D eigenvalue weighted by Crippen LogP contribution is 2.22. The molecule has 2 aromatic heterocycles. The summed E-state index contributed by atoms with van der Waals surface area (Å²) in [5.74, 6) is 0.760. The van der Waals surface area contributed by atoms with Gasteiger partial charge in [0, 0.05) is 33.2 Å². The molecule has 0 spiro atoms. The van der Waals surface area contributed by atoms with E-state index in [1.807, 2.05) is 4.57 Å². The maximum absolute atomic E-state index is 12.8. The van der Waals surface area contributed by atoms with Gasteiger partial charge in [0.1, 0.15) is 0 Å². The molecule has 8 heteroatoms. The summed E-state index contributed by atoms with van der Waals surface area (Å²) in [5, 5.41) is 0. The second kappa shape index (κ2) is 9.09. The number of hydrogen-bond donors (Lipinski definition) is 1. The number of hydrogen-bond acceptors (Lipinski definition) is 5. The number of nitrogens with zero attached hydrogens (tertiary/aromatic N) is 5. The summed E-state index contributed by atoms with van der Waals surface area (Å²) in [6, 6.07) is 8.30. The van der Waals surface area contributed by atoms with Gasteiger partial charge in [-0.25, -0.2) is 4.79 Å². The van der Waals surface area contributed by atoms with Crippen molar-refractivity contribution in [1.82, 2.24) is 24.0 Å². The number of fused-ring (bicyclic) bond motifs is 1. The van der Waals surface area contributed by atoms with Crippen LogP contribution in [0, 0.1) is 6.92 Å². The Morgan fingerprint density at radius 2 is 1.74 bits per heavy atom. The fourth-order valence-electron chi connectivity index (χ4n) is 4.25. The highest BCUT2D eigenvalue weighted by Gasteiger charge is 2.24. The molecule has 0 bridgehead atoms. The van der Waals surface area contributed by atoms with Gasteiger partial charge in [0.15, 0.2) is 11.2 Å². The van der Waals surface area contributed by atoms with E-state index in [4.69, 9.17) is 4.98 Å². The number of benzene rings is 1. The predicted molar refractivity (Wildman–Crippen MR) is 124 cm³/mol. The zero-order valence-corrected chi connectivity index (χ0v) is 18.7. The summed E-state index contributed by atoms with van der Waals surface area (Å²) in [5.41, 5.74) is 2.34. The van der Waals surface area contributed by atoms with E-state index in [9.17, 15) is 9.59 Å². The molecule has 0 radical (unpaired) electrons. The lowest BCUT2D eigenvalue weighted by Gasteiger charge is -2.35. The van der Waals surface area contributed by atoms with Crippen LogP contribution in [0.4, 0.5) is 5.95 Å². The van der Waals surface area contributed by atoms with Crippen LogP contribution in [-0.4, -0.2) is 56.7 Å². The number of aryl methyl sites for hydroxylation is 2. The maximum Gasteiger partial charge on any atom is 0.329 e. The summed E-state index contributed by atoms with van der Waals surface area (Å²) < 4.78 is 3.39. The second-order valence-electron chi connectivity index (χ2n) is 8.51. The van der Waals surface area contributed by atoms with E-state index in [0.29, 0.717) is 17.7 Å². The molecule has 1 saturated heterocycles. The van der Waals surface area contributed by atoms with Gasteiger partial charge in [-0.15, -0.1) is 0 Å². The predicted octanol–water partition coefficient (Wildman–Crippen LogP) is 2.09. The van der Waals surface area contributed by atoms with Gasteiger partial charge in [-0.1, -0.05) is 49.6 Å². The van der Waals surface area contributed by atoms with Crippen LogP contribution in [0.3, 0.4) is 0 Å². The summed E-state index contributed by atoms with van der Waals surface area (Å²) >= 11 is 0. The Balaban J connectivity index is 1.68. The first-order chi connectivity index (χ1) is 15.0. The number of unbranched alkanes of at least 4 members (excludes halogenated alkanes) is 2. The second-order valence-corrected chi connectivity index (χ2v) is 8.51. The molecule has 4 rings (SSSR count). The van der Waals surface area contributed by atoms with Gasteiger partial charge in [0.05, 0.1) is 6.54 Å². The van der Waals surface area contributed by atoms with Crippen LogP contribution >= 0.6 is 0 Å². The molecule has 166 valence electrons. The Hall–Kier alpha value is -2.87. The monoisotopic (exact) mass is 424 g/mol. The molecule has 3 aromatic rings. The maximum atomic E-state index is 12.8. The molecule has 1 aliphatic heterocycles. The van der Waals surface area contributed by atoms with Crippen LogP contribution in [0.1, 0.15) is 37.3 Å². The van der Waals surface area contributed by atoms with Crippen molar-refractivity contribution in [2.24, 2.45) is 7.05 Å². The van der Waals surface area contributed by atoms with E-state index < -0.39 is 5.69 Å². The third kappa shape index (κ3) is 4.44. The Labute approximate surface area is 182 Å². The van der Waals surface area contributed by atoms with E-state index >= 15 is 0 Å². The minimum absolute atomic E-state index is 0.387. The average molecular weight is 425 g/mol. The van der Waals surface area contributed by atoms with Crippen LogP contribution in [0.2, 0.25) is 0 Å². The average Bonchev–Trinajstić information content (AvgIpc) is 3.14. The van der Waals surface area contributed by atoms with Crippen molar-refractivity contribution < 1.29 is 0 Å². The quantitative estimate of drug-likeness (QED) is 0.588. The molecule has 0 aliphatic carbocycles. The van der Waals surface area contributed by atoms with Crippen molar-refractivity contribution in [3.05, 3.63) is 56.2 Å². The fourth-order valence-corrected chi connectivity index (χ4v) is 4.25. The lowest BCUT2D eigenvalue weighted by atomic mass is 10.1. The van der Waals surface area contributed by atoms with Gasteiger partial charge in [-0.2, -0.15) is 4.98 Å². The van der Waals surface area contributed by atoms with Crippen molar-refractivity contribution in [3.63, 3.8) is 0 Å². The number of nitrogens with one attached hydrogen (secondary N) is 1. The lowest BCUT2D eigenvalue weighted by molar-refractivity contribution is 0.251. The Kier molecular flexibility index (Phi) is 6.27. The van der Waals surface area contributed by atoms with Crippen molar-refractivity contribution >= 4 is 17.1 Å². The molecule has 31 heavy (non-hydrogen) atoms. The number of aromatic nitrogens is 4. The molecular weight excluding hydrogens is 392 g/mol. The summed E-state index contributed by atoms with van der Waals surface area (Å²) in [6.07, 6.45) is 3.74. The number of aromatic amines is 1. The van der Waals surface area contributed by atoms with Crippen molar-refractivity contribution in [1.29, 1.82) is 0 Å². The zero-order chi connectivity index (χ0) is 22.0. The first-order valence-electron chi connectivity index (χ1n) is 11.2. The standard InChI is InChI=1S/C23H32N6O2/c1-4-5-6-11-27-12-14-28(15-13-27)22-24-20-19(21(30)25-23(31)26(20)3)29(22)16-18-9-7-17(2)8-10-18/h7-10H,4-6,11-16H2,1-3H3,(H,25,30,31). The minimum Gasteiger partial charge on any atom is -0.340 e. The number of imidazole rings is 1. The van der Waals surface area contributed by atoms with E-state index in [2.05, 4.69) is 52.9 Å². The fraction of sp³-hybridized carbons (Fsp3) is 0.522. The van der Waals surface area contributed by atoms with Gasteiger partial charge in [0.25, 0.3) is 5.56 Å². The smallest absolute Gasteiger partial charge is 0.329 e. The van der Waals surface area contributed by atoms with Gasteiger partial charge < -0.3 is 4.90 Å². The van der Waals surface area contributed by atoms with Crippen LogP contribution in [0.15, 0.2) is 33.9 Å². The number of piperazine rings is 1. The molecule has 0 unspecified atom stereocenters. The van der Waals surface area contributed by atoms with Crippen LogP contribution in [-0.2, 0) is 13.6 Å². The van der Waals surface area contributed by atoms with E-state index in [1.54, 1.807) is 7.05 Å². The Morgan fingerprint density at radius 3 is 2.42 bits per heavy atom. The molecule has 1 fully saturated rings. The van der Waals surface area contributed by atoms with Crippen LogP contribution < -0.4 is 16.1 Å². The lowest BCUT2D eigenvalue weighted by Crippen LogP contribution is -2.47. The highest BCUT2D eigenvalue weighted by atomic mass is 16.2. The molecule has 0 amide bonds. The SMILES string of the molecule is CCCCCN1CCN(c2nc3c(c(=O)[nH]c(=O)n3C)n2Cc2ccc(C)cc2)CC1. The summed E-state index contributed by atoms with van der Waals surface area (Å²) in [4.78, 5) is 36.9. The molecule has 1 aromatic carbocycles.